The molecule has 0 saturated heterocycles. The lowest BCUT2D eigenvalue weighted by Gasteiger charge is -2.34. The summed E-state index contributed by atoms with van der Waals surface area (Å²) in [5.74, 6) is 0.170. The molecule has 58 heavy (non-hydrogen) atoms. The maximum absolute atomic E-state index is 13.4. The van der Waals surface area contributed by atoms with Gasteiger partial charge in [0.15, 0.2) is 24.8 Å². The van der Waals surface area contributed by atoms with Gasteiger partial charge in [0, 0.05) is 24.0 Å². The number of pyridine rings is 2. The Bertz CT molecular complexity index is 2090. The minimum absolute atomic E-state index is 0.0849. The highest BCUT2D eigenvalue weighted by Crippen LogP contribution is 2.44. The summed E-state index contributed by atoms with van der Waals surface area (Å²) in [5.41, 5.74) is 20.7. The average molecular weight is 820 g/mol. The van der Waals surface area contributed by atoms with Gasteiger partial charge in [-0.05, 0) is 75.7 Å². The molecule has 0 radical (unpaired) electrons. The zero-order valence-corrected chi connectivity index (χ0v) is 37.2. The van der Waals surface area contributed by atoms with Crippen LogP contribution in [-0.4, -0.2) is 11.6 Å². The molecule has 2 atom stereocenters. The number of allylic oxidation sites excluding steroid dienone is 22. The molecule has 4 N–H and O–H groups in total. The standard InChI is InChI=1S/C50H60Cl2N4O2/c1-33(17-13-19-35(3)21-23-43-37(5)47(57)45(27-49(43,7)8)55-29-39(51)25-41(53)31-55)15-11-12-16-34(2)18-14-20-36(4)22-24-44-38(6)48(58)46(28-50(44,9)10)56-30-40(52)26-42(54)32-56/h11-26,29-32,45-46H,27-28,53-54H2,1-10H3/q+2/b12-11+,17-13+,18-14+,23-21+,24-22+,33-15+,34-16+,35-19+,36-20+. The van der Waals surface area contributed by atoms with Crippen LogP contribution in [0.25, 0.3) is 0 Å². The lowest BCUT2D eigenvalue weighted by atomic mass is 9.70. The van der Waals surface area contributed by atoms with Gasteiger partial charge < -0.3 is 11.5 Å². The Kier molecular flexibility index (Phi) is 15.4. The van der Waals surface area contributed by atoms with E-state index in [-0.39, 0.29) is 34.5 Å². The zero-order valence-electron chi connectivity index (χ0n) is 35.7. The molecular weight excluding hydrogens is 759 g/mol. The number of aromatic nitrogens is 2. The topological polar surface area (TPSA) is 93.9 Å². The van der Waals surface area contributed by atoms with Crippen molar-refractivity contribution in [3.05, 3.63) is 177 Å². The van der Waals surface area contributed by atoms with Crippen molar-refractivity contribution in [2.24, 2.45) is 10.8 Å². The molecule has 304 valence electrons. The van der Waals surface area contributed by atoms with Crippen LogP contribution in [0.4, 0.5) is 11.4 Å². The molecule has 6 nitrogen and oxygen atoms in total. The highest BCUT2D eigenvalue weighted by molar-refractivity contribution is 6.30. The van der Waals surface area contributed by atoms with Gasteiger partial charge in [-0.3, -0.25) is 9.59 Å². The number of nitrogen functional groups attached to an aromatic ring is 2. The predicted molar refractivity (Wildman–Crippen MR) is 243 cm³/mol. The van der Waals surface area contributed by atoms with E-state index in [1.165, 1.54) is 0 Å². The van der Waals surface area contributed by atoms with Crippen LogP contribution in [0.3, 0.4) is 0 Å². The SMILES string of the molecule is CC1=C(/C=C/C(C)=C/C=C/C(C)=C/C=C/C=C(C)/C=C/C=C(C)/C=C/C2=C(C)C(=O)C([n+]3cc(N)cc(Cl)c3)CC2(C)C)C(C)(C)CC([n+]2cc(N)cc(Cl)c2)C1=O. The Morgan fingerprint density at radius 2 is 0.914 bits per heavy atom. The molecule has 2 aliphatic carbocycles. The second-order valence-electron chi connectivity index (χ2n) is 16.9. The summed E-state index contributed by atoms with van der Waals surface area (Å²) in [6.07, 6.45) is 37.3. The van der Waals surface area contributed by atoms with E-state index in [1.807, 2.05) is 47.3 Å². The molecule has 0 aromatic carbocycles. The van der Waals surface area contributed by atoms with Gasteiger partial charge in [-0.15, -0.1) is 0 Å². The van der Waals surface area contributed by atoms with Crippen LogP contribution in [0.15, 0.2) is 167 Å². The molecule has 2 aromatic heterocycles. The third-order valence-corrected chi connectivity index (χ3v) is 11.2. The van der Waals surface area contributed by atoms with E-state index in [0.29, 0.717) is 34.3 Å². The first kappa shape index (κ1) is 45.7. The number of Topliss-reactive ketones (excluding diaryl/α,β-unsaturated/α-hetero) is 2. The summed E-state index contributed by atoms with van der Waals surface area (Å²) in [4.78, 5) is 26.9. The second-order valence-corrected chi connectivity index (χ2v) is 17.8. The van der Waals surface area contributed by atoms with Crippen molar-refractivity contribution in [3.63, 3.8) is 0 Å². The van der Waals surface area contributed by atoms with Crippen LogP contribution in [-0.2, 0) is 9.59 Å². The number of anilines is 2. The van der Waals surface area contributed by atoms with Gasteiger partial charge in [0.25, 0.3) is 0 Å². The summed E-state index contributed by atoms with van der Waals surface area (Å²) in [6.45, 7) is 20.8. The molecule has 0 amide bonds. The average Bonchev–Trinajstić information content (AvgIpc) is 3.12. The zero-order chi connectivity index (χ0) is 42.9. The van der Waals surface area contributed by atoms with Crippen molar-refractivity contribution < 1.29 is 18.7 Å². The quantitative estimate of drug-likeness (QED) is 0.165. The predicted octanol–water partition coefficient (Wildman–Crippen LogP) is 11.7. The van der Waals surface area contributed by atoms with E-state index in [4.69, 9.17) is 34.7 Å². The molecule has 2 unspecified atom stereocenters. The molecule has 4 rings (SSSR count). The van der Waals surface area contributed by atoms with Gasteiger partial charge in [-0.2, -0.15) is 9.13 Å². The van der Waals surface area contributed by atoms with Gasteiger partial charge in [0.1, 0.15) is 10.0 Å². The fraction of sp³-hybridized carbons (Fsp3) is 0.320. The molecule has 2 heterocycles. The summed E-state index contributed by atoms with van der Waals surface area (Å²) in [5, 5.41) is 1.03. The second kappa shape index (κ2) is 19.6. The normalized spacial score (nSPS) is 21.4. The molecule has 2 aromatic rings. The van der Waals surface area contributed by atoms with Crippen molar-refractivity contribution in [3.8, 4) is 0 Å². The van der Waals surface area contributed by atoms with Gasteiger partial charge >= 0.3 is 0 Å². The highest BCUT2D eigenvalue weighted by Gasteiger charge is 2.44. The Morgan fingerprint density at radius 1 is 0.586 bits per heavy atom. The number of rotatable bonds is 12. The van der Waals surface area contributed by atoms with Crippen LogP contribution < -0.4 is 20.6 Å². The Labute approximate surface area is 356 Å². The number of carbonyl (C=O) groups is 2. The van der Waals surface area contributed by atoms with Gasteiger partial charge in [-0.25, -0.2) is 0 Å². The first-order chi connectivity index (χ1) is 27.2. The number of ketones is 2. The number of hydrogen-bond acceptors (Lipinski definition) is 4. The summed E-state index contributed by atoms with van der Waals surface area (Å²) >= 11 is 12.5. The first-order valence-electron chi connectivity index (χ1n) is 19.7. The third kappa shape index (κ3) is 12.2. The molecule has 0 fully saturated rings. The summed E-state index contributed by atoms with van der Waals surface area (Å²) in [6, 6.07) is 2.68. The molecule has 0 aliphatic heterocycles. The minimum Gasteiger partial charge on any atom is -0.394 e. The first-order valence-corrected chi connectivity index (χ1v) is 20.5. The van der Waals surface area contributed by atoms with Crippen molar-refractivity contribution in [1.82, 2.24) is 0 Å². The fourth-order valence-electron chi connectivity index (χ4n) is 7.64. The Morgan fingerprint density at radius 3 is 1.26 bits per heavy atom. The molecule has 0 bridgehead atoms. The van der Waals surface area contributed by atoms with Crippen LogP contribution >= 0.6 is 23.2 Å². The number of carbonyl (C=O) groups excluding carboxylic acids is 2. The van der Waals surface area contributed by atoms with Crippen LogP contribution in [0.1, 0.15) is 94.2 Å². The lowest BCUT2D eigenvalue weighted by molar-refractivity contribution is -0.710. The van der Waals surface area contributed by atoms with E-state index in [1.54, 1.807) is 36.9 Å². The summed E-state index contributed by atoms with van der Waals surface area (Å²) < 4.78 is 3.70. The van der Waals surface area contributed by atoms with Crippen molar-refractivity contribution in [2.45, 2.75) is 94.2 Å². The largest absolute Gasteiger partial charge is 0.394 e. The molecule has 2 aliphatic rings. The van der Waals surface area contributed by atoms with Crippen LogP contribution in [0.5, 0.6) is 0 Å². The van der Waals surface area contributed by atoms with E-state index in [9.17, 15) is 9.59 Å². The fourth-order valence-corrected chi connectivity index (χ4v) is 8.11. The monoisotopic (exact) mass is 818 g/mol. The van der Waals surface area contributed by atoms with Crippen molar-refractivity contribution >= 4 is 46.1 Å². The third-order valence-electron chi connectivity index (χ3n) is 10.8. The van der Waals surface area contributed by atoms with Crippen molar-refractivity contribution in [2.75, 3.05) is 11.5 Å². The van der Waals surface area contributed by atoms with E-state index in [2.05, 4.69) is 116 Å². The maximum Gasteiger partial charge on any atom is 0.226 e. The molecular formula is C50H60Cl2N4O2+2. The summed E-state index contributed by atoms with van der Waals surface area (Å²) in [7, 11) is 0. The number of halogens is 2. The number of nitrogens with zero attached hydrogens (tertiary/aromatic N) is 2. The number of hydrogen-bond donors (Lipinski definition) is 2. The van der Waals surface area contributed by atoms with Gasteiger partial charge in [0.05, 0.1) is 11.4 Å². The molecule has 8 heteroatoms. The van der Waals surface area contributed by atoms with Crippen molar-refractivity contribution in [1.29, 1.82) is 0 Å². The lowest BCUT2D eigenvalue weighted by Crippen LogP contribution is -2.48. The van der Waals surface area contributed by atoms with Gasteiger partial charge in [0.2, 0.25) is 23.7 Å². The Hall–Kier alpha value is -5.04. The highest BCUT2D eigenvalue weighted by atomic mass is 35.5. The van der Waals surface area contributed by atoms with Gasteiger partial charge in [-0.1, -0.05) is 158 Å². The molecule has 0 spiro atoms. The minimum atomic E-state index is -0.345. The maximum atomic E-state index is 13.4. The van der Waals surface area contributed by atoms with E-state index >= 15 is 0 Å². The van der Waals surface area contributed by atoms with E-state index in [0.717, 1.165) is 44.6 Å². The smallest absolute Gasteiger partial charge is 0.226 e. The van der Waals surface area contributed by atoms with E-state index < -0.39 is 0 Å². The van der Waals surface area contributed by atoms with Crippen LogP contribution in [0, 0.1) is 10.8 Å². The number of nitrogens with two attached hydrogens (primary N) is 2. The Balaban J connectivity index is 1.32. The molecule has 0 saturated carbocycles. The van der Waals surface area contributed by atoms with Crippen LogP contribution in [0.2, 0.25) is 10.0 Å².